The number of amides is 1. The van der Waals surface area contributed by atoms with E-state index >= 15 is 0 Å². The summed E-state index contributed by atoms with van der Waals surface area (Å²) in [6, 6.07) is 2.92. The SMILES string of the molecule is CC(C)C(=O)OCOc1c2n(cc(C(=O)NCc3ccc(F)cc3F)c1=O)CCC(C)C2=O. The Hall–Kier alpha value is -3.56. The Kier molecular flexibility index (Phi) is 7.25. The molecule has 0 fully saturated rings. The van der Waals surface area contributed by atoms with Crippen LogP contribution in [0, 0.1) is 23.5 Å². The summed E-state index contributed by atoms with van der Waals surface area (Å²) in [6.07, 6.45) is 1.75. The smallest absolute Gasteiger partial charge is 0.311 e. The van der Waals surface area contributed by atoms with Crippen molar-refractivity contribution in [3.8, 4) is 5.75 Å². The number of Topliss-reactive ketones (excluding diaryl/α,β-unsaturated/α-hetero) is 1. The van der Waals surface area contributed by atoms with Crippen molar-refractivity contribution in [1.29, 1.82) is 0 Å². The van der Waals surface area contributed by atoms with E-state index < -0.39 is 41.7 Å². The van der Waals surface area contributed by atoms with Crippen LogP contribution in [0.1, 0.15) is 53.6 Å². The second kappa shape index (κ2) is 9.93. The molecule has 0 spiro atoms. The van der Waals surface area contributed by atoms with Gasteiger partial charge in [0.05, 0.1) is 5.92 Å². The van der Waals surface area contributed by atoms with E-state index in [0.717, 1.165) is 6.07 Å². The van der Waals surface area contributed by atoms with Gasteiger partial charge < -0.3 is 19.4 Å². The molecule has 1 atom stereocenters. The lowest BCUT2D eigenvalue weighted by molar-refractivity contribution is -0.154. The molecule has 2 heterocycles. The molecule has 8 nitrogen and oxygen atoms in total. The highest BCUT2D eigenvalue weighted by Gasteiger charge is 2.31. The number of rotatable bonds is 7. The first-order valence-electron chi connectivity index (χ1n) is 10.4. The van der Waals surface area contributed by atoms with Gasteiger partial charge in [-0.1, -0.05) is 26.8 Å². The number of ketones is 1. The number of esters is 1. The van der Waals surface area contributed by atoms with Crippen molar-refractivity contribution < 1.29 is 32.6 Å². The Morgan fingerprint density at radius 3 is 2.64 bits per heavy atom. The molecule has 10 heteroatoms. The first-order chi connectivity index (χ1) is 15.6. The topological polar surface area (TPSA) is 104 Å². The number of nitrogens with one attached hydrogen (secondary N) is 1. The van der Waals surface area contributed by atoms with E-state index in [4.69, 9.17) is 9.47 Å². The summed E-state index contributed by atoms with van der Waals surface area (Å²) in [4.78, 5) is 50.2. The third kappa shape index (κ3) is 5.27. The molecule has 0 bridgehead atoms. The minimum Gasteiger partial charge on any atom is -0.451 e. The number of fused-ring (bicyclic) bond motifs is 1. The van der Waals surface area contributed by atoms with Gasteiger partial charge in [-0.3, -0.25) is 19.2 Å². The van der Waals surface area contributed by atoms with Crippen LogP contribution in [0.4, 0.5) is 8.78 Å². The van der Waals surface area contributed by atoms with E-state index in [2.05, 4.69) is 5.32 Å². The first kappa shape index (κ1) is 24.1. The van der Waals surface area contributed by atoms with Gasteiger partial charge in [0.1, 0.15) is 22.9 Å². The number of carbonyl (C=O) groups excluding carboxylic acids is 3. The highest BCUT2D eigenvalue weighted by molar-refractivity contribution is 6.01. The molecule has 0 saturated heterocycles. The fourth-order valence-corrected chi connectivity index (χ4v) is 3.31. The van der Waals surface area contributed by atoms with Crippen LogP contribution in [0.2, 0.25) is 0 Å². The third-order valence-corrected chi connectivity index (χ3v) is 5.30. The van der Waals surface area contributed by atoms with E-state index in [1.54, 1.807) is 20.8 Å². The van der Waals surface area contributed by atoms with Crippen molar-refractivity contribution in [2.45, 2.75) is 40.3 Å². The maximum atomic E-state index is 13.9. The standard InChI is InChI=1S/C23H24F2N2O6/c1-12(2)23(31)33-11-32-21-18-19(28)13(3)6-7-27(18)10-16(20(21)29)22(30)26-9-14-4-5-15(24)8-17(14)25/h4-5,8,10,12-13H,6-7,9,11H2,1-3H3,(H,26,30). The summed E-state index contributed by atoms with van der Waals surface area (Å²) in [5.74, 6) is -4.47. The molecule has 3 rings (SSSR count). The van der Waals surface area contributed by atoms with E-state index in [1.807, 2.05) is 0 Å². The molecule has 1 aromatic heterocycles. The Morgan fingerprint density at radius 2 is 1.97 bits per heavy atom. The van der Waals surface area contributed by atoms with Gasteiger partial charge in [0.25, 0.3) is 5.91 Å². The summed E-state index contributed by atoms with van der Waals surface area (Å²) in [5, 5.41) is 2.42. The normalized spacial score (nSPS) is 15.2. The van der Waals surface area contributed by atoms with Crippen LogP contribution in [0.3, 0.4) is 0 Å². The van der Waals surface area contributed by atoms with Gasteiger partial charge in [-0.05, 0) is 12.5 Å². The zero-order valence-corrected chi connectivity index (χ0v) is 18.4. The number of hydrogen-bond donors (Lipinski definition) is 1. The molecule has 1 unspecified atom stereocenters. The molecule has 33 heavy (non-hydrogen) atoms. The van der Waals surface area contributed by atoms with Crippen molar-refractivity contribution in [3.63, 3.8) is 0 Å². The summed E-state index contributed by atoms with van der Waals surface area (Å²) in [7, 11) is 0. The number of pyridine rings is 1. The number of halogens is 2. The highest BCUT2D eigenvalue weighted by atomic mass is 19.1. The van der Waals surface area contributed by atoms with Gasteiger partial charge >= 0.3 is 5.97 Å². The zero-order valence-electron chi connectivity index (χ0n) is 18.4. The fourth-order valence-electron chi connectivity index (χ4n) is 3.31. The Labute approximate surface area is 188 Å². The molecule has 1 aromatic carbocycles. The Balaban J connectivity index is 1.90. The van der Waals surface area contributed by atoms with Crippen LogP contribution < -0.4 is 15.5 Å². The maximum absolute atomic E-state index is 13.9. The van der Waals surface area contributed by atoms with Gasteiger partial charge in [-0.15, -0.1) is 0 Å². The molecule has 1 aliphatic heterocycles. The second-order valence-corrected chi connectivity index (χ2v) is 8.10. The van der Waals surface area contributed by atoms with Crippen molar-refractivity contribution >= 4 is 17.7 Å². The number of ether oxygens (including phenoxy) is 2. The number of nitrogens with zero attached hydrogens (tertiary/aromatic N) is 1. The van der Waals surface area contributed by atoms with Gasteiger partial charge in [-0.2, -0.15) is 0 Å². The van der Waals surface area contributed by atoms with Crippen molar-refractivity contribution in [2.24, 2.45) is 11.8 Å². The number of hydrogen-bond acceptors (Lipinski definition) is 6. The molecular weight excluding hydrogens is 438 g/mol. The lowest BCUT2D eigenvalue weighted by Crippen LogP contribution is -2.35. The molecular formula is C23H24F2N2O6. The Morgan fingerprint density at radius 1 is 1.24 bits per heavy atom. The molecule has 0 radical (unpaired) electrons. The maximum Gasteiger partial charge on any atom is 0.311 e. The number of aryl methyl sites for hydroxylation is 1. The monoisotopic (exact) mass is 462 g/mol. The molecule has 1 aliphatic rings. The van der Waals surface area contributed by atoms with E-state index in [-0.39, 0.29) is 40.8 Å². The first-order valence-corrected chi connectivity index (χ1v) is 10.4. The molecule has 2 aromatic rings. The number of carbonyl (C=O) groups is 3. The molecule has 1 N–H and O–H groups in total. The lowest BCUT2D eigenvalue weighted by Gasteiger charge is -2.25. The van der Waals surface area contributed by atoms with Gasteiger partial charge in [-0.25, -0.2) is 8.78 Å². The van der Waals surface area contributed by atoms with Crippen molar-refractivity contribution in [1.82, 2.24) is 9.88 Å². The fraction of sp³-hybridized carbons (Fsp3) is 0.391. The summed E-state index contributed by atoms with van der Waals surface area (Å²) in [6.45, 7) is 4.43. The van der Waals surface area contributed by atoms with E-state index in [0.29, 0.717) is 19.0 Å². The van der Waals surface area contributed by atoms with E-state index in [9.17, 15) is 28.0 Å². The molecule has 176 valence electrons. The molecule has 0 aliphatic carbocycles. The van der Waals surface area contributed by atoms with Gasteiger partial charge in [0.2, 0.25) is 12.2 Å². The number of benzene rings is 1. The van der Waals surface area contributed by atoms with Crippen LogP contribution >= 0.6 is 0 Å². The van der Waals surface area contributed by atoms with Crippen LogP contribution in [-0.4, -0.2) is 29.0 Å². The highest BCUT2D eigenvalue weighted by Crippen LogP contribution is 2.26. The average Bonchev–Trinajstić information content (AvgIpc) is 2.76. The molecule has 0 saturated carbocycles. The predicted octanol–water partition coefficient (Wildman–Crippen LogP) is 2.81. The third-order valence-electron chi connectivity index (χ3n) is 5.30. The Bertz CT molecular complexity index is 1160. The average molecular weight is 462 g/mol. The number of aromatic nitrogens is 1. The minimum atomic E-state index is -0.860. The van der Waals surface area contributed by atoms with Crippen LogP contribution in [0.15, 0.2) is 29.2 Å². The largest absolute Gasteiger partial charge is 0.451 e. The summed E-state index contributed by atoms with van der Waals surface area (Å²) < 4.78 is 38.7. The quantitative estimate of drug-likeness (QED) is 0.501. The summed E-state index contributed by atoms with van der Waals surface area (Å²) in [5.41, 5.74) is -1.15. The minimum absolute atomic E-state index is 0.000440. The van der Waals surface area contributed by atoms with Crippen LogP contribution in [-0.2, 0) is 22.6 Å². The molecule has 1 amide bonds. The van der Waals surface area contributed by atoms with Gasteiger partial charge in [0.15, 0.2) is 11.5 Å². The summed E-state index contributed by atoms with van der Waals surface area (Å²) >= 11 is 0. The van der Waals surface area contributed by atoms with Crippen molar-refractivity contribution in [3.05, 3.63) is 63.1 Å². The lowest BCUT2D eigenvalue weighted by atomic mass is 9.94. The van der Waals surface area contributed by atoms with E-state index in [1.165, 1.54) is 16.8 Å². The zero-order chi connectivity index (χ0) is 24.3. The van der Waals surface area contributed by atoms with Crippen LogP contribution in [0.5, 0.6) is 5.75 Å². The predicted molar refractivity (Wildman–Crippen MR) is 113 cm³/mol. The van der Waals surface area contributed by atoms with Crippen molar-refractivity contribution in [2.75, 3.05) is 6.79 Å². The van der Waals surface area contributed by atoms with Gasteiger partial charge in [0, 0.05) is 36.8 Å². The second-order valence-electron chi connectivity index (χ2n) is 8.10. The van der Waals surface area contributed by atoms with Crippen LogP contribution in [0.25, 0.3) is 0 Å².